The van der Waals surface area contributed by atoms with Crippen LogP contribution in [0.2, 0.25) is 10.0 Å². The van der Waals surface area contributed by atoms with Crippen LogP contribution >= 0.6 is 23.2 Å². The summed E-state index contributed by atoms with van der Waals surface area (Å²) in [7, 11) is 0. The molecule has 3 N–H and O–H groups in total. The number of halogens is 2. The van der Waals surface area contributed by atoms with Gasteiger partial charge in [0.15, 0.2) is 0 Å². The molecule has 1 heterocycles. The number of hydrazine groups is 1. The Bertz CT molecular complexity index is 663. The average Bonchev–Trinajstić information content (AvgIpc) is 2.56. The molecule has 0 unspecified atom stereocenters. The lowest BCUT2D eigenvalue weighted by Gasteiger charge is -2.08. The Hall–Kier alpha value is -1.89. The number of benzene rings is 1. The summed E-state index contributed by atoms with van der Waals surface area (Å²) in [6.45, 7) is 3.14. The summed E-state index contributed by atoms with van der Waals surface area (Å²) >= 11 is 12.0. The molecule has 0 radical (unpaired) electrons. The molecule has 0 spiro atoms. The first-order chi connectivity index (χ1) is 11.1. The number of hydrogen-bond acceptors (Lipinski definition) is 5. The third-order valence-electron chi connectivity index (χ3n) is 2.94. The van der Waals surface area contributed by atoms with Crippen molar-refractivity contribution in [1.82, 2.24) is 20.8 Å². The fourth-order valence-corrected chi connectivity index (χ4v) is 2.11. The smallest absolute Gasteiger partial charge is 0.268 e. The zero-order valence-corrected chi connectivity index (χ0v) is 14.1. The van der Waals surface area contributed by atoms with E-state index in [4.69, 9.17) is 23.2 Å². The van der Waals surface area contributed by atoms with Gasteiger partial charge in [-0.2, -0.15) is 0 Å². The molecule has 6 nitrogen and oxygen atoms in total. The van der Waals surface area contributed by atoms with E-state index in [1.54, 1.807) is 18.2 Å². The molecule has 1 amide bonds. The summed E-state index contributed by atoms with van der Waals surface area (Å²) < 4.78 is 0. The van der Waals surface area contributed by atoms with E-state index in [9.17, 15) is 4.79 Å². The van der Waals surface area contributed by atoms with Crippen LogP contribution in [0.1, 0.15) is 29.3 Å². The number of aromatic nitrogens is 2. The summed E-state index contributed by atoms with van der Waals surface area (Å²) in [6, 6.07) is 5.24. The quantitative estimate of drug-likeness (QED) is 0.526. The van der Waals surface area contributed by atoms with Gasteiger partial charge in [0.2, 0.25) is 5.95 Å². The normalized spacial score (nSPS) is 10.4. The van der Waals surface area contributed by atoms with Crippen molar-refractivity contribution >= 4 is 35.1 Å². The highest BCUT2D eigenvalue weighted by molar-refractivity contribution is 6.33. The molecule has 0 aliphatic carbocycles. The van der Waals surface area contributed by atoms with E-state index >= 15 is 0 Å². The molecule has 0 aliphatic rings. The minimum Gasteiger partial charge on any atom is -0.350 e. The van der Waals surface area contributed by atoms with E-state index < -0.39 is 0 Å². The first-order valence-electron chi connectivity index (χ1n) is 7.13. The zero-order valence-electron chi connectivity index (χ0n) is 12.6. The van der Waals surface area contributed by atoms with E-state index in [0.29, 0.717) is 34.6 Å². The lowest BCUT2D eigenvalue weighted by molar-refractivity contribution is 0.0932. The van der Waals surface area contributed by atoms with Crippen LogP contribution in [0.3, 0.4) is 0 Å². The Balaban J connectivity index is 1.92. The van der Waals surface area contributed by atoms with Crippen molar-refractivity contribution in [1.29, 1.82) is 0 Å². The van der Waals surface area contributed by atoms with Crippen LogP contribution in [-0.2, 0) is 6.54 Å². The van der Waals surface area contributed by atoms with Crippen LogP contribution in [0.15, 0.2) is 30.6 Å². The molecule has 0 bridgehead atoms. The maximum absolute atomic E-state index is 11.8. The van der Waals surface area contributed by atoms with Gasteiger partial charge in [0.1, 0.15) is 0 Å². The summed E-state index contributed by atoms with van der Waals surface area (Å²) in [5, 5.41) is 4.26. The molecule has 8 heteroatoms. The monoisotopic (exact) mass is 353 g/mol. The van der Waals surface area contributed by atoms with Crippen LogP contribution in [0.5, 0.6) is 0 Å². The van der Waals surface area contributed by atoms with Crippen molar-refractivity contribution in [2.75, 3.05) is 11.9 Å². The van der Waals surface area contributed by atoms with Gasteiger partial charge in [-0.25, -0.2) is 15.4 Å². The molecule has 0 aliphatic heterocycles. The van der Waals surface area contributed by atoms with Gasteiger partial charge in [0.05, 0.1) is 5.56 Å². The highest BCUT2D eigenvalue weighted by Crippen LogP contribution is 2.21. The number of carbonyl (C=O) groups is 1. The first-order valence-corrected chi connectivity index (χ1v) is 7.88. The molecule has 1 aromatic carbocycles. The highest BCUT2D eigenvalue weighted by Gasteiger charge is 2.07. The molecule has 0 fully saturated rings. The first kappa shape index (κ1) is 17.5. The van der Waals surface area contributed by atoms with E-state index in [2.05, 4.69) is 26.1 Å². The third-order valence-corrected chi connectivity index (χ3v) is 3.54. The molecular weight excluding hydrogens is 337 g/mol. The van der Waals surface area contributed by atoms with Crippen molar-refractivity contribution in [3.05, 3.63) is 51.8 Å². The fraction of sp³-hybridized carbons (Fsp3) is 0.267. The second-order valence-corrected chi connectivity index (χ2v) is 5.61. The van der Waals surface area contributed by atoms with Crippen LogP contribution < -0.4 is 16.2 Å². The van der Waals surface area contributed by atoms with Crippen LogP contribution in [0.25, 0.3) is 0 Å². The second-order valence-electron chi connectivity index (χ2n) is 4.77. The van der Waals surface area contributed by atoms with Gasteiger partial charge in [-0.1, -0.05) is 30.1 Å². The molecular formula is C15H17Cl2N5O. The van der Waals surface area contributed by atoms with E-state index in [0.717, 1.165) is 12.0 Å². The predicted octanol–water partition coefficient (Wildman–Crippen LogP) is 3.04. The molecule has 122 valence electrons. The summed E-state index contributed by atoms with van der Waals surface area (Å²) in [4.78, 5) is 20.0. The SMILES string of the molecule is CCCNNC(=O)c1cnc(NCc2cc(Cl)ccc2Cl)nc1. The van der Waals surface area contributed by atoms with E-state index in [1.165, 1.54) is 12.4 Å². The number of nitrogens with zero attached hydrogens (tertiary/aromatic N) is 2. The topological polar surface area (TPSA) is 78.9 Å². The van der Waals surface area contributed by atoms with Crippen molar-refractivity contribution in [3.8, 4) is 0 Å². The van der Waals surface area contributed by atoms with Gasteiger partial charge < -0.3 is 5.32 Å². The maximum Gasteiger partial charge on any atom is 0.268 e. The Labute approximate surface area is 144 Å². The molecule has 0 saturated carbocycles. The number of hydrogen-bond donors (Lipinski definition) is 3. The lowest BCUT2D eigenvalue weighted by atomic mass is 10.2. The summed E-state index contributed by atoms with van der Waals surface area (Å²) in [5.74, 6) is 0.127. The van der Waals surface area contributed by atoms with Crippen molar-refractivity contribution < 1.29 is 4.79 Å². The van der Waals surface area contributed by atoms with E-state index in [1.807, 2.05) is 6.92 Å². The molecule has 23 heavy (non-hydrogen) atoms. The van der Waals surface area contributed by atoms with Crippen LogP contribution in [-0.4, -0.2) is 22.4 Å². The predicted molar refractivity (Wildman–Crippen MR) is 91.6 cm³/mol. The van der Waals surface area contributed by atoms with Crippen LogP contribution in [0.4, 0.5) is 5.95 Å². The summed E-state index contributed by atoms with van der Waals surface area (Å²) in [6.07, 6.45) is 3.83. The number of anilines is 1. The number of carbonyl (C=O) groups excluding carboxylic acids is 1. The molecule has 0 saturated heterocycles. The molecule has 0 atom stereocenters. The molecule has 2 rings (SSSR count). The van der Waals surface area contributed by atoms with Gasteiger partial charge in [-0.15, -0.1) is 0 Å². The Kier molecular flexibility index (Phi) is 6.58. The van der Waals surface area contributed by atoms with Gasteiger partial charge in [0.25, 0.3) is 5.91 Å². The van der Waals surface area contributed by atoms with Crippen molar-refractivity contribution in [2.24, 2.45) is 0 Å². The fourth-order valence-electron chi connectivity index (χ4n) is 1.73. The second kappa shape index (κ2) is 8.67. The van der Waals surface area contributed by atoms with Gasteiger partial charge >= 0.3 is 0 Å². The minimum atomic E-state index is -0.275. The largest absolute Gasteiger partial charge is 0.350 e. The van der Waals surface area contributed by atoms with Crippen molar-refractivity contribution in [2.45, 2.75) is 19.9 Å². The number of amides is 1. The Morgan fingerprint density at radius 3 is 2.65 bits per heavy atom. The van der Waals surface area contributed by atoms with Crippen LogP contribution in [0, 0.1) is 0 Å². The Morgan fingerprint density at radius 2 is 1.96 bits per heavy atom. The lowest BCUT2D eigenvalue weighted by Crippen LogP contribution is -2.37. The van der Waals surface area contributed by atoms with E-state index in [-0.39, 0.29) is 5.91 Å². The zero-order chi connectivity index (χ0) is 16.7. The van der Waals surface area contributed by atoms with Crippen molar-refractivity contribution in [3.63, 3.8) is 0 Å². The maximum atomic E-state index is 11.8. The minimum absolute atomic E-state index is 0.275. The highest BCUT2D eigenvalue weighted by atomic mass is 35.5. The third kappa shape index (κ3) is 5.35. The standard InChI is InChI=1S/C15H17Cl2N5O/c1-2-5-21-22-14(23)11-8-19-15(20-9-11)18-7-10-6-12(16)3-4-13(10)17/h3-4,6,8-9,21H,2,5,7H2,1H3,(H,22,23)(H,18,19,20). The Morgan fingerprint density at radius 1 is 1.22 bits per heavy atom. The van der Waals surface area contributed by atoms with Gasteiger partial charge in [-0.05, 0) is 30.2 Å². The summed E-state index contributed by atoms with van der Waals surface area (Å²) in [5.41, 5.74) is 6.59. The molecule has 1 aromatic heterocycles. The molecule has 2 aromatic rings. The average molecular weight is 354 g/mol. The number of rotatable bonds is 7. The van der Waals surface area contributed by atoms with Gasteiger partial charge in [-0.3, -0.25) is 10.2 Å². The number of nitrogens with one attached hydrogen (secondary N) is 3. The van der Waals surface area contributed by atoms with Gasteiger partial charge in [0, 0.05) is 35.5 Å².